The fourth-order valence-corrected chi connectivity index (χ4v) is 2.33. The van der Waals surface area contributed by atoms with E-state index in [0.717, 1.165) is 18.1 Å². The lowest BCUT2D eigenvalue weighted by atomic mass is 10.1. The summed E-state index contributed by atoms with van der Waals surface area (Å²) in [5, 5.41) is 3.98. The monoisotopic (exact) mass is 243 g/mol. The van der Waals surface area contributed by atoms with Crippen LogP contribution >= 0.6 is 0 Å². The van der Waals surface area contributed by atoms with Crippen LogP contribution in [0.2, 0.25) is 0 Å². The average Bonchev–Trinajstić information content (AvgIpc) is 3.04. The molecular weight excluding hydrogens is 226 g/mol. The zero-order chi connectivity index (χ0) is 12.5. The van der Waals surface area contributed by atoms with Gasteiger partial charge in [-0.3, -0.25) is 0 Å². The third-order valence-corrected chi connectivity index (χ3v) is 3.32. The van der Waals surface area contributed by atoms with E-state index in [2.05, 4.69) is 34.4 Å². The molecule has 1 fully saturated rings. The quantitative estimate of drug-likeness (QED) is 0.894. The molecule has 0 aliphatic heterocycles. The molecule has 1 aliphatic rings. The van der Waals surface area contributed by atoms with Gasteiger partial charge in [0.1, 0.15) is 0 Å². The van der Waals surface area contributed by atoms with E-state index >= 15 is 0 Å². The first-order valence-electron chi connectivity index (χ1n) is 6.37. The minimum atomic E-state index is 0.0690. The molecule has 1 heterocycles. The van der Waals surface area contributed by atoms with Crippen LogP contribution in [0.5, 0.6) is 0 Å². The van der Waals surface area contributed by atoms with Crippen LogP contribution in [0, 0.1) is 0 Å². The molecule has 1 saturated carbocycles. The lowest BCUT2D eigenvalue weighted by Gasteiger charge is -1.97. The minimum absolute atomic E-state index is 0.0690. The molecule has 2 aromatic rings. The molecule has 4 nitrogen and oxygen atoms in total. The van der Waals surface area contributed by atoms with E-state index in [4.69, 9.17) is 10.3 Å². The van der Waals surface area contributed by atoms with E-state index in [0.29, 0.717) is 18.3 Å². The van der Waals surface area contributed by atoms with Crippen LogP contribution in [0.25, 0.3) is 0 Å². The molecule has 1 aromatic carbocycles. The summed E-state index contributed by atoms with van der Waals surface area (Å²) in [6.45, 7) is 1.94. The van der Waals surface area contributed by atoms with E-state index in [1.54, 1.807) is 0 Å². The van der Waals surface area contributed by atoms with Crippen molar-refractivity contribution in [2.75, 3.05) is 0 Å². The van der Waals surface area contributed by atoms with Crippen molar-refractivity contribution < 1.29 is 4.52 Å². The van der Waals surface area contributed by atoms with Crippen LogP contribution in [0.15, 0.2) is 34.9 Å². The second kappa shape index (κ2) is 4.53. The number of hydrogen-bond acceptors (Lipinski definition) is 4. The number of nitrogens with zero attached hydrogens (tertiary/aromatic N) is 2. The number of aromatic nitrogens is 2. The molecule has 3 rings (SSSR count). The summed E-state index contributed by atoms with van der Waals surface area (Å²) in [4.78, 5) is 4.43. The van der Waals surface area contributed by atoms with Crippen molar-refractivity contribution in [2.24, 2.45) is 5.73 Å². The highest BCUT2D eigenvalue weighted by Crippen LogP contribution is 2.53. The minimum Gasteiger partial charge on any atom is -0.339 e. The van der Waals surface area contributed by atoms with Crippen molar-refractivity contribution in [1.82, 2.24) is 10.1 Å². The van der Waals surface area contributed by atoms with Gasteiger partial charge in [-0.15, -0.1) is 0 Å². The molecule has 2 N–H and O–H groups in total. The summed E-state index contributed by atoms with van der Waals surface area (Å²) in [5.74, 6) is 2.41. The highest BCUT2D eigenvalue weighted by molar-refractivity contribution is 5.30. The number of nitrogens with two attached hydrogens (primary N) is 1. The van der Waals surface area contributed by atoms with Crippen LogP contribution in [-0.2, 0) is 6.42 Å². The molecular formula is C14H17N3O. The van der Waals surface area contributed by atoms with E-state index in [9.17, 15) is 0 Å². The lowest BCUT2D eigenvalue weighted by molar-refractivity contribution is 0.372. The Morgan fingerprint density at radius 1 is 1.33 bits per heavy atom. The summed E-state index contributed by atoms with van der Waals surface area (Å²) in [7, 11) is 0. The third-order valence-electron chi connectivity index (χ3n) is 3.32. The standard InChI is InChI=1S/C14H17N3O/c1-9(15)7-13-16-14(18-17-13)12-8-11(12)10-5-3-2-4-6-10/h2-6,9,11-12H,7-8,15H2,1H3. The second-order valence-corrected chi connectivity index (χ2v) is 5.09. The Bertz CT molecular complexity index is 521. The van der Waals surface area contributed by atoms with Gasteiger partial charge < -0.3 is 10.3 Å². The van der Waals surface area contributed by atoms with E-state index < -0.39 is 0 Å². The van der Waals surface area contributed by atoms with Gasteiger partial charge in [-0.25, -0.2) is 0 Å². The number of hydrogen-bond donors (Lipinski definition) is 1. The maximum absolute atomic E-state index is 5.72. The SMILES string of the molecule is CC(N)Cc1noc(C2CC2c2ccccc2)n1. The van der Waals surface area contributed by atoms with Gasteiger partial charge >= 0.3 is 0 Å². The first kappa shape index (κ1) is 11.4. The van der Waals surface area contributed by atoms with Crippen LogP contribution < -0.4 is 5.73 Å². The van der Waals surface area contributed by atoms with E-state index in [1.807, 2.05) is 13.0 Å². The van der Waals surface area contributed by atoms with Crippen LogP contribution in [0.3, 0.4) is 0 Å². The lowest BCUT2D eigenvalue weighted by Crippen LogP contribution is -2.18. The molecule has 3 unspecified atom stereocenters. The molecule has 0 bridgehead atoms. The van der Waals surface area contributed by atoms with Gasteiger partial charge in [-0.05, 0) is 24.8 Å². The molecule has 18 heavy (non-hydrogen) atoms. The maximum atomic E-state index is 5.72. The summed E-state index contributed by atoms with van der Waals surface area (Å²) in [5.41, 5.74) is 7.08. The topological polar surface area (TPSA) is 64.9 Å². The van der Waals surface area contributed by atoms with Gasteiger partial charge in [-0.2, -0.15) is 4.98 Å². The van der Waals surface area contributed by atoms with Crippen LogP contribution in [0.4, 0.5) is 0 Å². The summed E-state index contributed by atoms with van der Waals surface area (Å²) < 4.78 is 5.32. The highest BCUT2D eigenvalue weighted by Gasteiger charge is 2.43. The molecule has 0 amide bonds. The third kappa shape index (κ3) is 2.29. The molecule has 0 spiro atoms. The first-order chi connectivity index (χ1) is 8.74. The van der Waals surface area contributed by atoms with Crippen molar-refractivity contribution in [2.45, 2.75) is 37.6 Å². The molecule has 0 radical (unpaired) electrons. The molecule has 3 atom stereocenters. The largest absolute Gasteiger partial charge is 0.339 e. The highest BCUT2D eigenvalue weighted by atomic mass is 16.5. The van der Waals surface area contributed by atoms with E-state index in [-0.39, 0.29) is 6.04 Å². The zero-order valence-electron chi connectivity index (χ0n) is 10.4. The normalized spacial score (nSPS) is 23.9. The van der Waals surface area contributed by atoms with Gasteiger partial charge in [0.05, 0.1) is 0 Å². The Balaban J connectivity index is 1.69. The van der Waals surface area contributed by atoms with Gasteiger partial charge in [0.15, 0.2) is 5.82 Å². The van der Waals surface area contributed by atoms with Gasteiger partial charge in [0.25, 0.3) is 0 Å². The summed E-state index contributed by atoms with van der Waals surface area (Å²) >= 11 is 0. The summed E-state index contributed by atoms with van der Waals surface area (Å²) in [6, 6.07) is 10.6. The summed E-state index contributed by atoms with van der Waals surface area (Å²) in [6.07, 6.45) is 1.77. The van der Waals surface area contributed by atoms with Crippen LogP contribution in [-0.4, -0.2) is 16.2 Å². The molecule has 94 valence electrons. The van der Waals surface area contributed by atoms with Crippen molar-refractivity contribution in [1.29, 1.82) is 0 Å². The van der Waals surface area contributed by atoms with Crippen molar-refractivity contribution >= 4 is 0 Å². The molecule has 1 aromatic heterocycles. The Hall–Kier alpha value is -1.68. The Labute approximate surface area is 106 Å². The zero-order valence-corrected chi connectivity index (χ0v) is 10.4. The van der Waals surface area contributed by atoms with Crippen molar-refractivity contribution in [3.8, 4) is 0 Å². The van der Waals surface area contributed by atoms with Gasteiger partial charge in [0, 0.05) is 18.4 Å². The second-order valence-electron chi connectivity index (χ2n) is 5.09. The van der Waals surface area contributed by atoms with Crippen LogP contribution in [0.1, 0.15) is 42.5 Å². The Kier molecular flexibility index (Phi) is 2.88. The fourth-order valence-electron chi connectivity index (χ4n) is 2.33. The van der Waals surface area contributed by atoms with E-state index in [1.165, 1.54) is 5.56 Å². The molecule has 4 heteroatoms. The maximum Gasteiger partial charge on any atom is 0.230 e. The molecule has 1 aliphatic carbocycles. The Morgan fingerprint density at radius 2 is 2.11 bits per heavy atom. The predicted molar refractivity (Wildman–Crippen MR) is 68.2 cm³/mol. The van der Waals surface area contributed by atoms with Crippen molar-refractivity contribution in [3.05, 3.63) is 47.6 Å². The number of benzene rings is 1. The predicted octanol–water partition coefficient (Wildman–Crippen LogP) is 2.23. The molecule has 0 saturated heterocycles. The smallest absolute Gasteiger partial charge is 0.230 e. The average molecular weight is 243 g/mol. The van der Waals surface area contributed by atoms with Gasteiger partial charge in [-0.1, -0.05) is 35.5 Å². The van der Waals surface area contributed by atoms with Crippen molar-refractivity contribution in [3.63, 3.8) is 0 Å². The first-order valence-corrected chi connectivity index (χ1v) is 6.37. The number of rotatable bonds is 4. The Morgan fingerprint density at radius 3 is 2.83 bits per heavy atom. The fraction of sp³-hybridized carbons (Fsp3) is 0.429. The van der Waals surface area contributed by atoms with Gasteiger partial charge in [0.2, 0.25) is 5.89 Å².